The number of benzodiazepines with no additional fused rings is 1. The molecule has 4 rings (SSSR count). The number of halogens is 1. The molecule has 0 fully saturated rings. The highest BCUT2D eigenvalue weighted by Gasteiger charge is 2.32. The molecule has 0 saturated heterocycles. The molecule has 156 valence electrons. The number of likely N-dealkylation sites (N-methyl/N-ethyl adjacent to an activating group) is 1. The lowest BCUT2D eigenvalue weighted by Gasteiger charge is -2.20. The number of carbonyl (C=O) groups excluding carboxylic acids is 2. The maximum Gasteiger partial charge on any atom is 0.308 e. The SMILES string of the molecule is CN1C(=O)[C@@H](CC(=O)OCc2ccccc2)N=C(c2ccccc2)c2cc(Cl)ccc21. The van der Waals surface area contributed by atoms with Crippen molar-refractivity contribution < 1.29 is 14.3 Å². The molecule has 3 aromatic carbocycles. The van der Waals surface area contributed by atoms with Crippen molar-refractivity contribution in [3.05, 3.63) is 101 Å². The van der Waals surface area contributed by atoms with Crippen LogP contribution in [0.2, 0.25) is 5.02 Å². The number of benzene rings is 3. The Hall–Kier alpha value is -3.44. The van der Waals surface area contributed by atoms with Gasteiger partial charge in [-0.1, -0.05) is 72.3 Å². The van der Waals surface area contributed by atoms with Crippen LogP contribution in [0.4, 0.5) is 5.69 Å². The van der Waals surface area contributed by atoms with E-state index < -0.39 is 12.0 Å². The molecular formula is C25H21ClN2O3. The monoisotopic (exact) mass is 432 g/mol. The van der Waals surface area contributed by atoms with E-state index >= 15 is 0 Å². The van der Waals surface area contributed by atoms with Crippen LogP contribution in [0.25, 0.3) is 0 Å². The normalized spacial score (nSPS) is 15.7. The highest BCUT2D eigenvalue weighted by atomic mass is 35.5. The van der Waals surface area contributed by atoms with Crippen molar-refractivity contribution >= 4 is 34.9 Å². The van der Waals surface area contributed by atoms with Crippen LogP contribution in [-0.2, 0) is 20.9 Å². The van der Waals surface area contributed by atoms with Crippen LogP contribution in [0.5, 0.6) is 0 Å². The van der Waals surface area contributed by atoms with Crippen LogP contribution in [0.3, 0.4) is 0 Å². The van der Waals surface area contributed by atoms with Crippen LogP contribution in [0.15, 0.2) is 83.9 Å². The van der Waals surface area contributed by atoms with Gasteiger partial charge < -0.3 is 9.64 Å². The first-order valence-corrected chi connectivity index (χ1v) is 10.3. The molecule has 0 aromatic heterocycles. The van der Waals surface area contributed by atoms with Gasteiger partial charge in [0.1, 0.15) is 12.6 Å². The van der Waals surface area contributed by atoms with Crippen LogP contribution in [0, 0.1) is 0 Å². The van der Waals surface area contributed by atoms with E-state index in [1.807, 2.05) is 60.7 Å². The molecule has 6 heteroatoms. The Morgan fingerprint density at radius 2 is 1.71 bits per heavy atom. The van der Waals surface area contributed by atoms with E-state index in [0.717, 1.165) is 16.7 Å². The fourth-order valence-electron chi connectivity index (χ4n) is 3.53. The first-order chi connectivity index (χ1) is 15.0. The van der Waals surface area contributed by atoms with E-state index in [4.69, 9.17) is 21.3 Å². The smallest absolute Gasteiger partial charge is 0.308 e. The van der Waals surface area contributed by atoms with E-state index in [0.29, 0.717) is 16.4 Å². The number of anilines is 1. The van der Waals surface area contributed by atoms with Gasteiger partial charge in [0, 0.05) is 23.2 Å². The zero-order valence-electron chi connectivity index (χ0n) is 17.0. The number of amides is 1. The van der Waals surface area contributed by atoms with E-state index in [-0.39, 0.29) is 18.9 Å². The summed E-state index contributed by atoms with van der Waals surface area (Å²) >= 11 is 6.25. The summed E-state index contributed by atoms with van der Waals surface area (Å²) in [6.07, 6.45) is -0.145. The van der Waals surface area contributed by atoms with Gasteiger partial charge in [-0.3, -0.25) is 14.6 Å². The summed E-state index contributed by atoms with van der Waals surface area (Å²) in [5.41, 5.74) is 3.79. The predicted molar refractivity (Wildman–Crippen MR) is 122 cm³/mol. The fourth-order valence-corrected chi connectivity index (χ4v) is 3.70. The molecule has 1 heterocycles. The summed E-state index contributed by atoms with van der Waals surface area (Å²) in [6, 6.07) is 23.4. The Labute approximate surface area is 185 Å². The molecule has 1 aliphatic rings. The number of ether oxygens (including phenoxy) is 1. The summed E-state index contributed by atoms with van der Waals surface area (Å²) in [7, 11) is 1.68. The molecule has 1 atom stereocenters. The van der Waals surface area contributed by atoms with Gasteiger partial charge in [0.2, 0.25) is 0 Å². The molecule has 0 unspecified atom stereocenters. The zero-order chi connectivity index (χ0) is 21.8. The largest absolute Gasteiger partial charge is 0.461 e. The average molecular weight is 433 g/mol. The molecular weight excluding hydrogens is 412 g/mol. The Morgan fingerprint density at radius 3 is 2.42 bits per heavy atom. The number of rotatable bonds is 5. The number of carbonyl (C=O) groups is 2. The minimum atomic E-state index is -0.894. The highest BCUT2D eigenvalue weighted by molar-refractivity contribution is 6.32. The number of esters is 1. The molecule has 5 nitrogen and oxygen atoms in total. The predicted octanol–water partition coefficient (Wildman–Crippen LogP) is 4.66. The van der Waals surface area contributed by atoms with E-state index in [1.165, 1.54) is 4.90 Å². The Balaban J connectivity index is 1.65. The van der Waals surface area contributed by atoms with Crippen molar-refractivity contribution in [3.8, 4) is 0 Å². The quantitative estimate of drug-likeness (QED) is 0.551. The second-order valence-electron chi connectivity index (χ2n) is 7.27. The fraction of sp³-hybridized carbons (Fsp3) is 0.160. The Morgan fingerprint density at radius 1 is 1.03 bits per heavy atom. The standard InChI is InChI=1S/C25H21ClN2O3/c1-28-22-13-12-19(26)14-20(22)24(18-10-6-3-7-11-18)27-21(25(28)30)15-23(29)31-16-17-8-4-2-5-9-17/h2-14,21H,15-16H2,1H3/t21-/m1/s1. The van der Waals surface area contributed by atoms with Crippen molar-refractivity contribution in [1.82, 2.24) is 0 Å². The highest BCUT2D eigenvalue weighted by Crippen LogP contribution is 2.30. The lowest BCUT2D eigenvalue weighted by molar-refractivity contribution is -0.146. The second kappa shape index (κ2) is 9.14. The van der Waals surface area contributed by atoms with E-state index in [2.05, 4.69) is 0 Å². The van der Waals surface area contributed by atoms with Crippen molar-refractivity contribution in [3.63, 3.8) is 0 Å². The molecule has 0 aliphatic carbocycles. The van der Waals surface area contributed by atoms with Crippen LogP contribution >= 0.6 is 11.6 Å². The first kappa shape index (κ1) is 20.8. The molecule has 3 aromatic rings. The molecule has 0 bridgehead atoms. The lowest BCUT2D eigenvalue weighted by atomic mass is 10.0. The van der Waals surface area contributed by atoms with Gasteiger partial charge in [-0.15, -0.1) is 0 Å². The van der Waals surface area contributed by atoms with Crippen LogP contribution < -0.4 is 4.90 Å². The summed E-state index contributed by atoms with van der Waals surface area (Å²) < 4.78 is 5.39. The number of nitrogens with zero attached hydrogens (tertiary/aromatic N) is 2. The summed E-state index contributed by atoms with van der Waals surface area (Å²) in [5, 5.41) is 0.545. The van der Waals surface area contributed by atoms with Gasteiger partial charge in [-0.25, -0.2) is 0 Å². The van der Waals surface area contributed by atoms with Crippen molar-refractivity contribution in [2.75, 3.05) is 11.9 Å². The lowest BCUT2D eigenvalue weighted by Crippen LogP contribution is -2.36. The topological polar surface area (TPSA) is 59.0 Å². The van der Waals surface area contributed by atoms with Gasteiger partial charge in [0.25, 0.3) is 5.91 Å². The van der Waals surface area contributed by atoms with Gasteiger partial charge in [-0.05, 0) is 23.8 Å². The molecule has 1 amide bonds. The van der Waals surface area contributed by atoms with Gasteiger partial charge in [-0.2, -0.15) is 0 Å². The Bertz CT molecular complexity index is 1130. The molecule has 0 N–H and O–H groups in total. The molecule has 1 aliphatic heterocycles. The van der Waals surface area contributed by atoms with Crippen molar-refractivity contribution in [2.45, 2.75) is 19.1 Å². The average Bonchev–Trinajstić information content (AvgIpc) is 2.89. The van der Waals surface area contributed by atoms with Gasteiger partial charge in [0.15, 0.2) is 0 Å². The minimum Gasteiger partial charge on any atom is -0.461 e. The third kappa shape index (κ3) is 4.67. The maximum atomic E-state index is 13.2. The van der Waals surface area contributed by atoms with E-state index in [9.17, 15) is 9.59 Å². The second-order valence-corrected chi connectivity index (χ2v) is 7.71. The molecule has 0 radical (unpaired) electrons. The van der Waals surface area contributed by atoms with Crippen LogP contribution in [-0.4, -0.2) is 30.7 Å². The third-order valence-electron chi connectivity index (χ3n) is 5.13. The summed E-state index contributed by atoms with van der Waals surface area (Å²) in [5.74, 6) is -0.748. The summed E-state index contributed by atoms with van der Waals surface area (Å²) in [4.78, 5) is 31.9. The first-order valence-electron chi connectivity index (χ1n) is 9.93. The molecule has 0 saturated carbocycles. The zero-order valence-corrected chi connectivity index (χ0v) is 17.8. The molecule has 0 spiro atoms. The van der Waals surface area contributed by atoms with Crippen molar-refractivity contribution in [2.24, 2.45) is 4.99 Å². The minimum absolute atomic E-state index is 0.145. The van der Waals surface area contributed by atoms with Gasteiger partial charge in [0.05, 0.1) is 17.8 Å². The molecule has 31 heavy (non-hydrogen) atoms. The van der Waals surface area contributed by atoms with Gasteiger partial charge >= 0.3 is 5.97 Å². The van der Waals surface area contributed by atoms with Crippen LogP contribution in [0.1, 0.15) is 23.1 Å². The number of fused-ring (bicyclic) bond motifs is 1. The third-order valence-corrected chi connectivity index (χ3v) is 5.36. The number of hydrogen-bond acceptors (Lipinski definition) is 4. The van der Waals surface area contributed by atoms with E-state index in [1.54, 1.807) is 25.2 Å². The Kier molecular flexibility index (Phi) is 6.14. The number of aliphatic imine (C=N–C) groups is 1. The number of hydrogen-bond donors (Lipinski definition) is 0. The summed E-state index contributed by atoms with van der Waals surface area (Å²) in [6.45, 7) is 0.154. The van der Waals surface area contributed by atoms with Crippen molar-refractivity contribution in [1.29, 1.82) is 0 Å². The maximum absolute atomic E-state index is 13.2.